The zero-order valence-electron chi connectivity index (χ0n) is 7.37. The van der Waals surface area contributed by atoms with E-state index in [2.05, 4.69) is 5.10 Å². The summed E-state index contributed by atoms with van der Waals surface area (Å²) in [5, 5.41) is 15.5. The van der Waals surface area contributed by atoms with E-state index in [0.29, 0.717) is 13.0 Å². The Bertz CT molecular complexity index is 251. The van der Waals surface area contributed by atoms with Crippen LogP contribution in [0.3, 0.4) is 0 Å². The van der Waals surface area contributed by atoms with Gasteiger partial charge >= 0.3 is 0 Å². The summed E-state index contributed by atoms with van der Waals surface area (Å²) < 4.78 is 0. The zero-order valence-corrected chi connectivity index (χ0v) is 7.37. The van der Waals surface area contributed by atoms with Crippen LogP contribution in [0.5, 0.6) is 0 Å². The summed E-state index contributed by atoms with van der Waals surface area (Å²) in [6.07, 6.45) is 3.91. The average molecular weight is 182 g/mol. The van der Waals surface area contributed by atoms with E-state index in [4.69, 9.17) is 5.73 Å². The van der Waals surface area contributed by atoms with Crippen molar-refractivity contribution in [3.63, 3.8) is 0 Å². The number of hydrogen-bond donors (Lipinski definition) is 2. The Hall–Kier alpha value is -1.07. The number of piperidine rings is 1. The predicted molar refractivity (Wildman–Crippen MR) is 48.8 cm³/mol. The summed E-state index contributed by atoms with van der Waals surface area (Å²) in [6.45, 7) is 1.36. The van der Waals surface area contributed by atoms with Gasteiger partial charge in [-0.05, 0) is 12.5 Å². The summed E-state index contributed by atoms with van der Waals surface area (Å²) in [5.41, 5.74) is 5.78. The van der Waals surface area contributed by atoms with Crippen molar-refractivity contribution in [1.29, 1.82) is 0 Å². The van der Waals surface area contributed by atoms with Gasteiger partial charge in [-0.2, -0.15) is 9.89 Å². The zero-order chi connectivity index (χ0) is 9.26. The van der Waals surface area contributed by atoms with E-state index in [0.717, 1.165) is 6.54 Å². The Balaban J connectivity index is 2.07. The monoisotopic (exact) mass is 182 g/mol. The number of hydrogen-bond acceptors (Lipinski definition) is 4. The summed E-state index contributed by atoms with van der Waals surface area (Å²) >= 11 is 0. The Morgan fingerprint density at radius 1 is 1.46 bits per heavy atom. The van der Waals surface area contributed by atoms with Crippen LogP contribution in [-0.4, -0.2) is 40.2 Å². The Labute approximate surface area is 76.7 Å². The van der Waals surface area contributed by atoms with Gasteiger partial charge in [0.2, 0.25) is 0 Å². The highest BCUT2D eigenvalue weighted by molar-refractivity contribution is 4.97. The van der Waals surface area contributed by atoms with Crippen LogP contribution in [0.25, 0.3) is 0 Å². The molecule has 72 valence electrons. The second kappa shape index (κ2) is 3.35. The van der Waals surface area contributed by atoms with E-state index in [1.807, 2.05) is 17.3 Å². The smallest absolute Gasteiger partial charge is 0.0747 e. The first-order valence-electron chi connectivity index (χ1n) is 4.44. The fourth-order valence-electron chi connectivity index (χ4n) is 1.68. The first kappa shape index (κ1) is 8.52. The minimum atomic E-state index is -0.340. The lowest BCUT2D eigenvalue weighted by molar-refractivity contribution is 0.132. The summed E-state index contributed by atoms with van der Waals surface area (Å²) in [6, 6.07) is 1.89. The lowest BCUT2D eigenvalue weighted by atomic mass is 10.1. The summed E-state index contributed by atoms with van der Waals surface area (Å²) in [4.78, 5) is 1.72. The van der Waals surface area contributed by atoms with Gasteiger partial charge in [0.1, 0.15) is 0 Å². The highest BCUT2D eigenvalue weighted by Gasteiger charge is 2.23. The lowest BCUT2D eigenvalue weighted by Gasteiger charge is -2.34. The molecule has 0 spiro atoms. The van der Waals surface area contributed by atoms with Gasteiger partial charge in [0.15, 0.2) is 0 Å². The van der Waals surface area contributed by atoms with Gasteiger partial charge < -0.3 is 10.8 Å². The standard InChI is InChI=1S/C8H14N4O/c9-7-4-8(13)6-11(5-7)12-3-1-2-10-12/h1-3,7-8,13H,4-6,9H2. The van der Waals surface area contributed by atoms with Crippen molar-refractivity contribution in [3.8, 4) is 0 Å². The predicted octanol–water partition coefficient (Wildman–Crippen LogP) is -1.09. The molecule has 3 N–H and O–H groups in total. The molecule has 1 aliphatic heterocycles. The van der Waals surface area contributed by atoms with Crippen molar-refractivity contribution >= 4 is 0 Å². The number of aromatic nitrogens is 2. The topological polar surface area (TPSA) is 67.3 Å². The van der Waals surface area contributed by atoms with Gasteiger partial charge in [0.25, 0.3) is 0 Å². The second-order valence-electron chi connectivity index (χ2n) is 3.45. The fourth-order valence-corrected chi connectivity index (χ4v) is 1.68. The molecule has 2 rings (SSSR count). The number of rotatable bonds is 1. The molecule has 1 aromatic rings. The third-order valence-corrected chi connectivity index (χ3v) is 2.22. The third kappa shape index (κ3) is 1.81. The Kier molecular flexibility index (Phi) is 2.20. The molecule has 0 bridgehead atoms. The summed E-state index contributed by atoms with van der Waals surface area (Å²) in [5.74, 6) is 0. The van der Waals surface area contributed by atoms with E-state index in [1.54, 1.807) is 11.0 Å². The van der Waals surface area contributed by atoms with Crippen LogP contribution in [0.1, 0.15) is 6.42 Å². The van der Waals surface area contributed by atoms with Gasteiger partial charge in [0.05, 0.1) is 25.4 Å². The molecule has 2 heterocycles. The molecule has 1 aromatic heterocycles. The maximum atomic E-state index is 9.49. The number of β-amino-alcohol motifs (C(OH)–C–C–N with tert-alkyl or cyclic N) is 1. The van der Waals surface area contributed by atoms with Crippen molar-refractivity contribution in [2.24, 2.45) is 5.73 Å². The molecule has 1 saturated heterocycles. The molecule has 0 aromatic carbocycles. The van der Waals surface area contributed by atoms with E-state index in [1.165, 1.54) is 0 Å². The lowest BCUT2D eigenvalue weighted by Crippen LogP contribution is -2.54. The van der Waals surface area contributed by atoms with Gasteiger partial charge in [-0.15, -0.1) is 0 Å². The van der Waals surface area contributed by atoms with Crippen LogP contribution in [-0.2, 0) is 0 Å². The second-order valence-corrected chi connectivity index (χ2v) is 3.45. The molecule has 1 aliphatic rings. The molecule has 0 amide bonds. The minimum Gasteiger partial charge on any atom is -0.391 e. The van der Waals surface area contributed by atoms with Crippen LogP contribution in [0.15, 0.2) is 18.5 Å². The molecule has 5 heteroatoms. The minimum absolute atomic E-state index is 0.0351. The molecule has 2 unspecified atom stereocenters. The van der Waals surface area contributed by atoms with Crippen molar-refractivity contribution in [3.05, 3.63) is 18.5 Å². The molecule has 0 radical (unpaired) electrons. The fraction of sp³-hybridized carbons (Fsp3) is 0.625. The van der Waals surface area contributed by atoms with Gasteiger partial charge in [-0.25, -0.2) is 0 Å². The normalized spacial score (nSPS) is 29.2. The third-order valence-electron chi connectivity index (χ3n) is 2.22. The largest absolute Gasteiger partial charge is 0.391 e. The molecular formula is C8H14N4O. The first-order chi connectivity index (χ1) is 6.25. The average Bonchev–Trinajstić information content (AvgIpc) is 2.53. The van der Waals surface area contributed by atoms with Crippen molar-refractivity contribution < 1.29 is 5.11 Å². The van der Waals surface area contributed by atoms with E-state index in [9.17, 15) is 5.11 Å². The Morgan fingerprint density at radius 3 is 2.92 bits per heavy atom. The molecular weight excluding hydrogens is 168 g/mol. The molecule has 13 heavy (non-hydrogen) atoms. The summed E-state index contributed by atoms with van der Waals surface area (Å²) in [7, 11) is 0. The molecule has 2 atom stereocenters. The van der Waals surface area contributed by atoms with Crippen LogP contribution in [0.2, 0.25) is 0 Å². The number of nitrogens with two attached hydrogens (primary N) is 1. The maximum absolute atomic E-state index is 9.49. The SMILES string of the molecule is NC1CC(O)CN(n2cccn2)C1. The Morgan fingerprint density at radius 2 is 2.31 bits per heavy atom. The molecule has 5 nitrogen and oxygen atoms in total. The van der Waals surface area contributed by atoms with Crippen molar-refractivity contribution in [1.82, 2.24) is 9.89 Å². The number of nitrogens with zero attached hydrogens (tertiary/aromatic N) is 3. The van der Waals surface area contributed by atoms with Crippen molar-refractivity contribution in [2.45, 2.75) is 18.6 Å². The maximum Gasteiger partial charge on any atom is 0.0747 e. The highest BCUT2D eigenvalue weighted by atomic mass is 16.3. The quantitative estimate of drug-likeness (QED) is 0.579. The molecule has 0 aliphatic carbocycles. The first-order valence-corrected chi connectivity index (χ1v) is 4.44. The van der Waals surface area contributed by atoms with Gasteiger partial charge in [-0.3, -0.25) is 5.01 Å². The molecule has 1 fully saturated rings. The van der Waals surface area contributed by atoms with Crippen LogP contribution in [0, 0.1) is 0 Å². The van der Waals surface area contributed by atoms with E-state index in [-0.39, 0.29) is 12.1 Å². The number of aliphatic hydroxyl groups excluding tert-OH is 1. The van der Waals surface area contributed by atoms with Gasteiger partial charge in [0, 0.05) is 12.2 Å². The van der Waals surface area contributed by atoms with Gasteiger partial charge in [-0.1, -0.05) is 0 Å². The van der Waals surface area contributed by atoms with Crippen LogP contribution < -0.4 is 10.7 Å². The number of aliphatic hydroxyl groups is 1. The van der Waals surface area contributed by atoms with Crippen LogP contribution >= 0.6 is 0 Å². The van der Waals surface area contributed by atoms with E-state index < -0.39 is 0 Å². The highest BCUT2D eigenvalue weighted by Crippen LogP contribution is 2.07. The van der Waals surface area contributed by atoms with Crippen LogP contribution in [0.4, 0.5) is 0 Å². The molecule has 0 saturated carbocycles. The van der Waals surface area contributed by atoms with E-state index >= 15 is 0 Å². The van der Waals surface area contributed by atoms with Crippen molar-refractivity contribution in [2.75, 3.05) is 18.1 Å².